The highest BCUT2D eigenvalue weighted by Crippen LogP contribution is 2.34. The van der Waals surface area contributed by atoms with Crippen LogP contribution in [-0.4, -0.2) is 32.8 Å². The molecule has 0 radical (unpaired) electrons. The van der Waals surface area contributed by atoms with Crippen LogP contribution >= 0.6 is 0 Å². The number of hydrogen-bond donors (Lipinski definition) is 2. The number of carbonyl (C=O) groups excluding carboxylic acids is 1. The number of nitrogens with one attached hydrogen (secondary N) is 1. The van der Waals surface area contributed by atoms with Gasteiger partial charge < -0.3 is 15.0 Å². The third-order valence-electron chi connectivity index (χ3n) is 5.63. The van der Waals surface area contributed by atoms with E-state index < -0.39 is 24.1 Å². The van der Waals surface area contributed by atoms with Gasteiger partial charge in [0.1, 0.15) is 12.0 Å². The van der Waals surface area contributed by atoms with Crippen molar-refractivity contribution < 1.29 is 14.3 Å². The van der Waals surface area contributed by atoms with Crippen molar-refractivity contribution in [3.8, 4) is 0 Å². The van der Waals surface area contributed by atoms with Gasteiger partial charge in [-0.2, -0.15) is 0 Å². The van der Waals surface area contributed by atoms with Crippen LogP contribution in [0, 0.1) is 5.92 Å². The molecule has 6 nitrogen and oxygen atoms in total. The predicted molar refractivity (Wildman–Crippen MR) is 126 cm³/mol. The molecule has 7 heteroatoms. The number of aliphatic hydroxyl groups excluding tert-OH is 1. The van der Waals surface area contributed by atoms with Crippen LogP contribution in [0.4, 0.5) is 10.2 Å². The number of fused-ring (bicyclic) bond motifs is 1. The summed E-state index contributed by atoms with van der Waals surface area (Å²) in [6.07, 6.45) is 5.60. The number of pyridine rings is 2. The van der Waals surface area contributed by atoms with E-state index in [0.717, 1.165) is 11.1 Å². The van der Waals surface area contributed by atoms with Gasteiger partial charge in [-0.3, -0.25) is 9.59 Å². The second kappa shape index (κ2) is 9.44. The van der Waals surface area contributed by atoms with E-state index in [-0.39, 0.29) is 17.8 Å². The van der Waals surface area contributed by atoms with E-state index in [1.165, 1.54) is 4.57 Å². The highest BCUT2D eigenvalue weighted by molar-refractivity contribution is 5.96. The molecule has 2 N–H and O–H groups in total. The molecule has 0 spiro atoms. The third-order valence-corrected chi connectivity index (χ3v) is 5.63. The number of alkyl halides is 1. The summed E-state index contributed by atoms with van der Waals surface area (Å²) in [5.74, 6) is -0.744. The highest BCUT2D eigenvalue weighted by atomic mass is 19.1. The van der Waals surface area contributed by atoms with Crippen molar-refractivity contribution in [3.05, 3.63) is 76.8 Å². The van der Waals surface area contributed by atoms with Crippen molar-refractivity contribution in [1.82, 2.24) is 9.55 Å². The van der Waals surface area contributed by atoms with Crippen LogP contribution in [0.15, 0.2) is 65.7 Å². The molecule has 0 aliphatic heterocycles. The van der Waals surface area contributed by atoms with Crippen LogP contribution in [0.25, 0.3) is 16.5 Å². The minimum atomic E-state index is -1.09. The zero-order chi connectivity index (χ0) is 23.6. The van der Waals surface area contributed by atoms with Crippen molar-refractivity contribution in [2.75, 3.05) is 5.32 Å². The summed E-state index contributed by atoms with van der Waals surface area (Å²) in [5.41, 5.74) is 2.91. The summed E-state index contributed by atoms with van der Waals surface area (Å²) in [7, 11) is 1.65. The average Bonchev–Trinajstić information content (AvgIpc) is 3.49. The standard InChI is InChI=1S/C25H28FN3O3/c1-6-8-22(30)15(4)9-14(3)17(7-2)18-10-16-13-27-23(12-21(16)29(5)25(18)32)28-24(31)19-11-20(19)26/h6-7,9-10,12-13,19-20,22,30H,1,4,8,11H2,2-3,5H3,(H,27,28,31)/b14-9-,17-7+. The Morgan fingerprint density at radius 1 is 1.47 bits per heavy atom. The van der Waals surface area contributed by atoms with Gasteiger partial charge in [0.15, 0.2) is 0 Å². The van der Waals surface area contributed by atoms with E-state index in [0.29, 0.717) is 28.5 Å². The van der Waals surface area contributed by atoms with Crippen molar-refractivity contribution in [2.24, 2.45) is 13.0 Å². The van der Waals surface area contributed by atoms with E-state index in [9.17, 15) is 19.1 Å². The molecule has 2 heterocycles. The number of aromatic nitrogens is 2. The summed E-state index contributed by atoms with van der Waals surface area (Å²) in [5, 5.41) is 13.4. The molecule has 0 aromatic carbocycles. The highest BCUT2D eigenvalue weighted by Gasteiger charge is 2.43. The quantitative estimate of drug-likeness (QED) is 0.482. The molecule has 0 saturated heterocycles. The fourth-order valence-corrected chi connectivity index (χ4v) is 3.64. The van der Waals surface area contributed by atoms with E-state index in [1.54, 1.807) is 37.5 Å². The molecule has 1 aliphatic rings. The van der Waals surface area contributed by atoms with Crippen molar-refractivity contribution in [2.45, 2.75) is 39.0 Å². The first-order valence-corrected chi connectivity index (χ1v) is 10.5. The van der Waals surface area contributed by atoms with Gasteiger partial charge in [-0.25, -0.2) is 9.37 Å². The number of amides is 1. The van der Waals surface area contributed by atoms with Gasteiger partial charge >= 0.3 is 0 Å². The Bertz CT molecular complexity index is 1210. The lowest BCUT2D eigenvalue weighted by Gasteiger charge is -2.14. The van der Waals surface area contributed by atoms with Gasteiger partial charge in [0.05, 0.1) is 17.5 Å². The molecule has 2 aromatic rings. The Labute approximate surface area is 186 Å². The molecule has 168 valence electrons. The lowest BCUT2D eigenvalue weighted by atomic mass is 9.95. The van der Waals surface area contributed by atoms with E-state index in [1.807, 2.05) is 19.9 Å². The van der Waals surface area contributed by atoms with E-state index in [2.05, 4.69) is 23.5 Å². The van der Waals surface area contributed by atoms with Crippen molar-refractivity contribution in [1.29, 1.82) is 0 Å². The minimum absolute atomic E-state index is 0.218. The SMILES string of the molecule is C=CCC(O)C(=C)/C=C(C)\C(=C/C)c1cc2cnc(NC(=O)C3CC3F)cc2n(C)c1=O. The van der Waals surface area contributed by atoms with Crippen LogP contribution in [0.3, 0.4) is 0 Å². The normalized spacial score (nSPS) is 19.5. The Morgan fingerprint density at radius 3 is 2.75 bits per heavy atom. The zero-order valence-corrected chi connectivity index (χ0v) is 18.6. The molecule has 1 saturated carbocycles. The number of anilines is 1. The van der Waals surface area contributed by atoms with Crippen LogP contribution in [0.5, 0.6) is 0 Å². The molecular formula is C25H28FN3O3. The second-order valence-electron chi connectivity index (χ2n) is 8.04. The fourth-order valence-electron chi connectivity index (χ4n) is 3.64. The zero-order valence-electron chi connectivity index (χ0n) is 18.6. The van der Waals surface area contributed by atoms with Crippen molar-refractivity contribution >= 4 is 28.2 Å². The number of aryl methyl sites for hydroxylation is 1. The Balaban J connectivity index is 1.96. The maximum absolute atomic E-state index is 13.2. The Morgan fingerprint density at radius 2 is 2.16 bits per heavy atom. The molecule has 32 heavy (non-hydrogen) atoms. The molecule has 3 rings (SSSR count). The summed E-state index contributed by atoms with van der Waals surface area (Å²) in [6, 6.07) is 3.36. The third kappa shape index (κ3) is 4.78. The fraction of sp³-hybridized carbons (Fsp3) is 0.320. The number of aliphatic hydroxyl groups is 1. The smallest absolute Gasteiger partial charge is 0.258 e. The van der Waals surface area contributed by atoms with Crippen LogP contribution in [0.2, 0.25) is 0 Å². The second-order valence-corrected chi connectivity index (χ2v) is 8.04. The first kappa shape index (κ1) is 23.3. The number of halogens is 1. The monoisotopic (exact) mass is 437 g/mol. The number of carbonyl (C=O) groups is 1. The van der Waals surface area contributed by atoms with Gasteiger partial charge in [0.2, 0.25) is 5.91 Å². The minimum Gasteiger partial charge on any atom is -0.388 e. The predicted octanol–water partition coefficient (Wildman–Crippen LogP) is 4.07. The number of nitrogens with zero attached hydrogens (tertiary/aromatic N) is 2. The maximum atomic E-state index is 13.2. The number of rotatable bonds is 8. The van der Waals surface area contributed by atoms with Crippen LogP contribution in [0.1, 0.15) is 32.3 Å². The van der Waals surface area contributed by atoms with E-state index >= 15 is 0 Å². The Hall–Kier alpha value is -3.32. The lowest BCUT2D eigenvalue weighted by Crippen LogP contribution is -2.22. The molecular weight excluding hydrogens is 409 g/mol. The molecule has 3 atom stereocenters. The summed E-state index contributed by atoms with van der Waals surface area (Å²) in [4.78, 5) is 29.4. The Kier molecular flexibility index (Phi) is 6.89. The average molecular weight is 438 g/mol. The lowest BCUT2D eigenvalue weighted by molar-refractivity contribution is -0.117. The van der Waals surface area contributed by atoms with Crippen LogP contribution < -0.4 is 10.9 Å². The molecule has 1 amide bonds. The summed E-state index contributed by atoms with van der Waals surface area (Å²) in [6.45, 7) is 11.2. The number of hydrogen-bond acceptors (Lipinski definition) is 4. The summed E-state index contributed by atoms with van der Waals surface area (Å²) < 4.78 is 14.6. The topological polar surface area (TPSA) is 84.2 Å². The number of allylic oxidation sites excluding steroid dienone is 3. The molecule has 2 aromatic heterocycles. The van der Waals surface area contributed by atoms with Gasteiger partial charge in [-0.05, 0) is 49.5 Å². The van der Waals surface area contributed by atoms with E-state index in [4.69, 9.17) is 0 Å². The van der Waals surface area contributed by atoms with Crippen molar-refractivity contribution in [3.63, 3.8) is 0 Å². The first-order valence-electron chi connectivity index (χ1n) is 10.5. The first-order chi connectivity index (χ1) is 15.2. The molecule has 1 aliphatic carbocycles. The largest absolute Gasteiger partial charge is 0.388 e. The van der Waals surface area contributed by atoms with Gasteiger partial charge in [-0.15, -0.1) is 6.58 Å². The van der Waals surface area contributed by atoms with Crippen LogP contribution in [-0.2, 0) is 11.8 Å². The van der Waals surface area contributed by atoms with Gasteiger partial charge in [-0.1, -0.05) is 24.8 Å². The molecule has 0 bridgehead atoms. The maximum Gasteiger partial charge on any atom is 0.258 e. The molecule has 3 unspecified atom stereocenters. The van der Waals surface area contributed by atoms with Gasteiger partial charge in [0, 0.05) is 30.3 Å². The molecule has 1 fully saturated rings. The summed E-state index contributed by atoms with van der Waals surface area (Å²) >= 11 is 0. The van der Waals surface area contributed by atoms with Gasteiger partial charge in [0.25, 0.3) is 5.56 Å².